The molecule has 90 valence electrons. The normalized spacial score (nSPS) is 12.7. The summed E-state index contributed by atoms with van der Waals surface area (Å²) in [7, 11) is 1.52. The smallest absolute Gasteiger partial charge is 0.377 e. The van der Waals surface area contributed by atoms with Crippen molar-refractivity contribution in [1.82, 2.24) is 0 Å². The Hall–Kier alpha value is -2.17. The first-order valence-electron chi connectivity index (χ1n) is 5.15. The third-order valence-corrected chi connectivity index (χ3v) is 2.14. The number of fused-ring (bicyclic) bond motifs is 1. The van der Waals surface area contributed by atoms with Gasteiger partial charge in [0, 0.05) is 0 Å². The van der Waals surface area contributed by atoms with Crippen molar-refractivity contribution >= 4 is 5.97 Å². The fourth-order valence-corrected chi connectivity index (χ4v) is 1.39. The standard InChI is InChI=1S/C12H12O5/c1-3-15-12(13)10-7-16-9-6-4-5-8(14-2)11(9)17-10/h4-7H,3H2,1-2H3. The topological polar surface area (TPSA) is 54.0 Å². The molecule has 1 heterocycles. The molecule has 0 bridgehead atoms. The average Bonchev–Trinajstić information content (AvgIpc) is 2.37. The van der Waals surface area contributed by atoms with Crippen molar-refractivity contribution in [3.05, 3.63) is 30.2 Å². The maximum Gasteiger partial charge on any atom is 0.377 e. The summed E-state index contributed by atoms with van der Waals surface area (Å²) < 4.78 is 20.6. The predicted molar refractivity (Wildman–Crippen MR) is 59.0 cm³/mol. The molecule has 0 N–H and O–H groups in total. The summed E-state index contributed by atoms with van der Waals surface area (Å²) in [5.41, 5.74) is 0. The van der Waals surface area contributed by atoms with Crippen LogP contribution in [0.3, 0.4) is 0 Å². The van der Waals surface area contributed by atoms with Crippen molar-refractivity contribution in [1.29, 1.82) is 0 Å². The van der Waals surface area contributed by atoms with E-state index in [1.807, 2.05) is 0 Å². The van der Waals surface area contributed by atoms with Crippen LogP contribution in [0, 0.1) is 0 Å². The molecule has 1 aromatic carbocycles. The number of esters is 1. The van der Waals surface area contributed by atoms with Gasteiger partial charge in [0.15, 0.2) is 11.5 Å². The zero-order valence-corrected chi connectivity index (χ0v) is 9.56. The number of benzene rings is 1. The van der Waals surface area contributed by atoms with Gasteiger partial charge in [0.1, 0.15) is 6.26 Å². The van der Waals surface area contributed by atoms with Crippen molar-refractivity contribution in [2.75, 3.05) is 13.7 Å². The second kappa shape index (κ2) is 4.78. The molecule has 0 amide bonds. The van der Waals surface area contributed by atoms with Gasteiger partial charge < -0.3 is 18.9 Å². The summed E-state index contributed by atoms with van der Waals surface area (Å²) in [4.78, 5) is 11.5. The summed E-state index contributed by atoms with van der Waals surface area (Å²) in [6.45, 7) is 2.00. The number of ether oxygens (including phenoxy) is 4. The van der Waals surface area contributed by atoms with Crippen molar-refractivity contribution in [2.24, 2.45) is 0 Å². The van der Waals surface area contributed by atoms with E-state index in [1.54, 1.807) is 25.1 Å². The Balaban J connectivity index is 2.25. The summed E-state index contributed by atoms with van der Waals surface area (Å²) in [5.74, 6) is 0.809. The van der Waals surface area contributed by atoms with E-state index in [1.165, 1.54) is 13.4 Å². The molecule has 0 radical (unpaired) electrons. The van der Waals surface area contributed by atoms with E-state index < -0.39 is 5.97 Å². The highest BCUT2D eigenvalue weighted by Crippen LogP contribution is 2.40. The SMILES string of the molecule is CCOC(=O)C1=COc2cccc(OC)c2O1. The van der Waals surface area contributed by atoms with Gasteiger partial charge >= 0.3 is 5.97 Å². The van der Waals surface area contributed by atoms with Crippen LogP contribution >= 0.6 is 0 Å². The minimum Gasteiger partial charge on any atom is -0.493 e. The average molecular weight is 236 g/mol. The lowest BCUT2D eigenvalue weighted by molar-refractivity contribution is -0.141. The summed E-state index contributed by atoms with van der Waals surface area (Å²) in [5, 5.41) is 0. The lowest BCUT2D eigenvalue weighted by Gasteiger charge is -2.18. The summed E-state index contributed by atoms with van der Waals surface area (Å²) in [6.07, 6.45) is 1.22. The number of hydrogen-bond donors (Lipinski definition) is 0. The van der Waals surface area contributed by atoms with Crippen LogP contribution < -0.4 is 14.2 Å². The monoisotopic (exact) mass is 236 g/mol. The fourth-order valence-electron chi connectivity index (χ4n) is 1.39. The quantitative estimate of drug-likeness (QED) is 0.750. The van der Waals surface area contributed by atoms with Crippen molar-refractivity contribution < 1.29 is 23.7 Å². The van der Waals surface area contributed by atoms with E-state index in [0.717, 1.165) is 0 Å². The van der Waals surface area contributed by atoms with E-state index in [9.17, 15) is 4.79 Å². The number of methoxy groups -OCH3 is 1. The van der Waals surface area contributed by atoms with Gasteiger partial charge in [-0.05, 0) is 19.1 Å². The van der Waals surface area contributed by atoms with Crippen LogP contribution in [0.2, 0.25) is 0 Å². The molecule has 1 aromatic rings. The lowest BCUT2D eigenvalue weighted by Crippen LogP contribution is -2.17. The van der Waals surface area contributed by atoms with Crippen LogP contribution in [0.1, 0.15) is 6.92 Å². The molecule has 0 aliphatic carbocycles. The first kappa shape index (κ1) is 11.3. The Bertz CT molecular complexity index is 464. The first-order valence-corrected chi connectivity index (χ1v) is 5.15. The molecule has 1 aliphatic heterocycles. The number of carbonyl (C=O) groups is 1. The summed E-state index contributed by atoms with van der Waals surface area (Å²) >= 11 is 0. The molecular formula is C12H12O5. The molecule has 0 saturated carbocycles. The van der Waals surface area contributed by atoms with Gasteiger partial charge in [0.05, 0.1) is 13.7 Å². The van der Waals surface area contributed by atoms with Gasteiger partial charge in [-0.15, -0.1) is 0 Å². The zero-order chi connectivity index (χ0) is 12.3. The maximum absolute atomic E-state index is 11.5. The van der Waals surface area contributed by atoms with E-state index in [0.29, 0.717) is 17.2 Å². The second-order valence-corrected chi connectivity index (χ2v) is 3.21. The minimum absolute atomic E-state index is 0.00356. The minimum atomic E-state index is -0.566. The van der Waals surface area contributed by atoms with Crippen LogP contribution in [0.25, 0.3) is 0 Å². The molecule has 0 unspecified atom stereocenters. The highest BCUT2D eigenvalue weighted by atomic mass is 16.6. The molecular weight excluding hydrogens is 224 g/mol. The molecule has 0 atom stereocenters. The third kappa shape index (κ3) is 2.18. The van der Waals surface area contributed by atoms with Crippen LogP contribution in [0.4, 0.5) is 0 Å². The molecule has 0 aromatic heterocycles. The molecule has 0 saturated heterocycles. The van der Waals surface area contributed by atoms with E-state index in [4.69, 9.17) is 18.9 Å². The maximum atomic E-state index is 11.5. The molecule has 17 heavy (non-hydrogen) atoms. The highest BCUT2D eigenvalue weighted by Gasteiger charge is 2.23. The zero-order valence-electron chi connectivity index (χ0n) is 9.56. The van der Waals surface area contributed by atoms with Crippen LogP contribution in [0.5, 0.6) is 17.2 Å². The van der Waals surface area contributed by atoms with Gasteiger partial charge in [0.25, 0.3) is 0 Å². The Morgan fingerprint density at radius 3 is 2.94 bits per heavy atom. The molecule has 1 aliphatic rings. The molecule has 2 rings (SSSR count). The number of para-hydroxylation sites is 1. The van der Waals surface area contributed by atoms with Gasteiger partial charge in [-0.25, -0.2) is 4.79 Å². The third-order valence-electron chi connectivity index (χ3n) is 2.14. The number of hydrogen-bond acceptors (Lipinski definition) is 5. The molecule has 5 heteroatoms. The van der Waals surface area contributed by atoms with Crippen LogP contribution in [-0.4, -0.2) is 19.7 Å². The largest absolute Gasteiger partial charge is 0.493 e. The van der Waals surface area contributed by atoms with Gasteiger partial charge in [-0.2, -0.15) is 0 Å². The summed E-state index contributed by atoms with van der Waals surface area (Å²) in [6, 6.07) is 5.21. The van der Waals surface area contributed by atoms with Crippen LogP contribution in [-0.2, 0) is 9.53 Å². The Morgan fingerprint density at radius 2 is 2.24 bits per heavy atom. The highest BCUT2D eigenvalue weighted by molar-refractivity contribution is 5.87. The van der Waals surface area contributed by atoms with E-state index >= 15 is 0 Å². The van der Waals surface area contributed by atoms with Gasteiger partial charge in [-0.3, -0.25) is 0 Å². The van der Waals surface area contributed by atoms with Crippen molar-refractivity contribution in [2.45, 2.75) is 6.92 Å². The predicted octanol–water partition coefficient (Wildman–Crippen LogP) is 1.87. The van der Waals surface area contributed by atoms with Crippen LogP contribution in [0.15, 0.2) is 30.2 Å². The Kier molecular flexibility index (Phi) is 3.18. The lowest BCUT2D eigenvalue weighted by atomic mass is 10.3. The van der Waals surface area contributed by atoms with Crippen molar-refractivity contribution in [3.8, 4) is 17.2 Å². The van der Waals surface area contributed by atoms with Crippen molar-refractivity contribution in [3.63, 3.8) is 0 Å². The first-order chi connectivity index (χ1) is 8.26. The Morgan fingerprint density at radius 1 is 1.41 bits per heavy atom. The van der Waals surface area contributed by atoms with E-state index in [2.05, 4.69) is 0 Å². The molecule has 5 nitrogen and oxygen atoms in total. The Labute approximate surface area is 98.5 Å². The van der Waals surface area contributed by atoms with Gasteiger partial charge in [0.2, 0.25) is 11.5 Å². The fraction of sp³-hybridized carbons (Fsp3) is 0.250. The number of rotatable bonds is 3. The van der Waals surface area contributed by atoms with E-state index in [-0.39, 0.29) is 12.4 Å². The van der Waals surface area contributed by atoms with Gasteiger partial charge in [-0.1, -0.05) is 6.07 Å². The molecule has 0 spiro atoms. The molecule has 0 fully saturated rings. The number of carbonyl (C=O) groups excluding carboxylic acids is 1. The second-order valence-electron chi connectivity index (χ2n) is 3.21.